The zero-order valence-corrected chi connectivity index (χ0v) is 12.8. The van der Waals surface area contributed by atoms with Crippen molar-refractivity contribution in [3.05, 3.63) is 0 Å². The number of halogens is 1. The van der Waals surface area contributed by atoms with Gasteiger partial charge in [-0.05, 0) is 37.0 Å². The Morgan fingerprint density at radius 1 is 1.28 bits per heavy atom. The van der Waals surface area contributed by atoms with Crippen LogP contribution in [0.1, 0.15) is 59.8 Å². The Bertz CT molecular complexity index is 309. The van der Waals surface area contributed by atoms with Crippen LogP contribution >= 0.6 is 11.6 Å². The molecular formula is C15H26ClNO. The molecule has 0 saturated carbocycles. The van der Waals surface area contributed by atoms with Crippen LogP contribution in [0.15, 0.2) is 0 Å². The highest BCUT2D eigenvalue weighted by Gasteiger charge is 2.43. The Kier molecular flexibility index (Phi) is 3.96. The summed E-state index contributed by atoms with van der Waals surface area (Å²) in [5.41, 5.74) is 0.208. The zero-order valence-electron chi connectivity index (χ0n) is 12.1. The van der Waals surface area contributed by atoms with Crippen molar-refractivity contribution >= 4 is 17.5 Å². The summed E-state index contributed by atoms with van der Waals surface area (Å²) in [6.45, 7) is 8.83. The maximum atomic E-state index is 12.5. The van der Waals surface area contributed by atoms with Gasteiger partial charge in [-0.2, -0.15) is 0 Å². The molecule has 2 heterocycles. The van der Waals surface area contributed by atoms with E-state index in [0.29, 0.717) is 30.3 Å². The van der Waals surface area contributed by atoms with Gasteiger partial charge in [-0.3, -0.25) is 4.79 Å². The third-order valence-corrected chi connectivity index (χ3v) is 5.28. The Hall–Kier alpha value is -0.240. The number of amides is 1. The molecule has 2 aliphatic heterocycles. The summed E-state index contributed by atoms with van der Waals surface area (Å²) in [7, 11) is 0. The van der Waals surface area contributed by atoms with Gasteiger partial charge >= 0.3 is 0 Å². The number of carbonyl (C=O) groups excluding carboxylic acids is 1. The first kappa shape index (κ1) is 14.2. The highest BCUT2D eigenvalue weighted by atomic mass is 35.5. The Morgan fingerprint density at radius 3 is 2.22 bits per heavy atom. The van der Waals surface area contributed by atoms with Gasteiger partial charge in [0.15, 0.2) is 0 Å². The summed E-state index contributed by atoms with van der Waals surface area (Å²) in [5, 5.41) is 0.284. The summed E-state index contributed by atoms with van der Waals surface area (Å²) in [6.07, 6.45) is 4.98. The molecule has 2 rings (SSSR count). The minimum absolute atomic E-state index is 0.208. The summed E-state index contributed by atoms with van der Waals surface area (Å²) >= 11 is 6.26. The van der Waals surface area contributed by atoms with Gasteiger partial charge < -0.3 is 4.90 Å². The van der Waals surface area contributed by atoms with Crippen LogP contribution in [-0.2, 0) is 4.79 Å². The molecule has 0 radical (unpaired) electrons. The number of hydrogen-bond donors (Lipinski definition) is 0. The molecule has 104 valence electrons. The molecule has 0 aliphatic carbocycles. The molecule has 0 N–H and O–H groups in total. The molecule has 2 saturated heterocycles. The van der Waals surface area contributed by atoms with Crippen molar-refractivity contribution < 1.29 is 4.79 Å². The van der Waals surface area contributed by atoms with Crippen LogP contribution in [0.4, 0.5) is 0 Å². The minimum atomic E-state index is 0.208. The van der Waals surface area contributed by atoms with E-state index in [0.717, 1.165) is 25.7 Å². The molecule has 0 aromatic rings. The highest BCUT2D eigenvalue weighted by Crippen LogP contribution is 2.39. The van der Waals surface area contributed by atoms with Crippen LogP contribution in [0, 0.1) is 11.3 Å². The molecule has 2 bridgehead atoms. The second-order valence-electron chi connectivity index (χ2n) is 7.23. The van der Waals surface area contributed by atoms with Crippen LogP contribution in [-0.4, -0.2) is 28.3 Å². The second-order valence-corrected chi connectivity index (χ2v) is 7.84. The summed E-state index contributed by atoms with van der Waals surface area (Å²) in [5.74, 6) is 0.784. The van der Waals surface area contributed by atoms with Crippen molar-refractivity contribution in [3.63, 3.8) is 0 Å². The second kappa shape index (κ2) is 5.03. The third-order valence-electron chi connectivity index (χ3n) is 4.92. The fourth-order valence-corrected chi connectivity index (χ4v) is 3.60. The number of rotatable bonds is 2. The molecule has 3 unspecified atom stereocenters. The van der Waals surface area contributed by atoms with Crippen molar-refractivity contribution in [3.8, 4) is 0 Å². The maximum Gasteiger partial charge on any atom is 0.223 e. The van der Waals surface area contributed by atoms with E-state index in [4.69, 9.17) is 11.6 Å². The lowest BCUT2D eigenvalue weighted by Gasteiger charge is -2.38. The van der Waals surface area contributed by atoms with E-state index in [1.54, 1.807) is 0 Å². The van der Waals surface area contributed by atoms with Gasteiger partial charge in [-0.15, -0.1) is 11.6 Å². The number of alkyl halides is 1. The van der Waals surface area contributed by atoms with Gasteiger partial charge in [0, 0.05) is 23.9 Å². The normalized spacial score (nSPS) is 33.6. The van der Waals surface area contributed by atoms with Crippen molar-refractivity contribution in [2.75, 3.05) is 0 Å². The maximum absolute atomic E-state index is 12.5. The zero-order chi connectivity index (χ0) is 13.5. The van der Waals surface area contributed by atoms with Gasteiger partial charge in [0.1, 0.15) is 0 Å². The quantitative estimate of drug-likeness (QED) is 0.699. The number of hydrogen-bond acceptors (Lipinski definition) is 1. The van der Waals surface area contributed by atoms with Gasteiger partial charge in [0.25, 0.3) is 0 Å². The van der Waals surface area contributed by atoms with Gasteiger partial charge in [0.2, 0.25) is 5.91 Å². The number of piperidine rings is 1. The van der Waals surface area contributed by atoms with E-state index >= 15 is 0 Å². The van der Waals surface area contributed by atoms with E-state index in [2.05, 4.69) is 32.6 Å². The SMILES string of the molecule is CC(CC(=O)N1C2CCC1CC(Cl)C2)C(C)(C)C. The average molecular weight is 272 g/mol. The lowest BCUT2D eigenvalue weighted by Crippen LogP contribution is -2.47. The first-order chi connectivity index (χ1) is 8.29. The van der Waals surface area contributed by atoms with Crippen LogP contribution in [0.5, 0.6) is 0 Å². The molecule has 0 aromatic heterocycles. The van der Waals surface area contributed by atoms with E-state index in [1.807, 2.05) is 0 Å². The Morgan fingerprint density at radius 2 is 1.78 bits per heavy atom. The topological polar surface area (TPSA) is 20.3 Å². The molecule has 0 aromatic carbocycles. The molecule has 3 heteroatoms. The van der Waals surface area contributed by atoms with E-state index in [1.165, 1.54) is 0 Å². The van der Waals surface area contributed by atoms with Crippen molar-refractivity contribution in [1.29, 1.82) is 0 Å². The van der Waals surface area contributed by atoms with Gasteiger partial charge in [-0.25, -0.2) is 0 Å². The molecule has 18 heavy (non-hydrogen) atoms. The van der Waals surface area contributed by atoms with Crippen LogP contribution in [0.25, 0.3) is 0 Å². The van der Waals surface area contributed by atoms with Crippen LogP contribution < -0.4 is 0 Å². The monoisotopic (exact) mass is 271 g/mol. The number of nitrogens with zero attached hydrogens (tertiary/aromatic N) is 1. The van der Waals surface area contributed by atoms with Crippen LogP contribution in [0.2, 0.25) is 0 Å². The third kappa shape index (κ3) is 2.84. The predicted octanol–water partition coefficient (Wildman–Crippen LogP) is 3.82. The predicted molar refractivity (Wildman–Crippen MR) is 75.8 cm³/mol. The molecule has 0 spiro atoms. The lowest BCUT2D eigenvalue weighted by atomic mass is 9.79. The first-order valence-electron chi connectivity index (χ1n) is 7.24. The summed E-state index contributed by atoms with van der Waals surface area (Å²) < 4.78 is 0. The first-order valence-corrected chi connectivity index (χ1v) is 7.68. The van der Waals surface area contributed by atoms with Crippen molar-refractivity contribution in [2.24, 2.45) is 11.3 Å². The van der Waals surface area contributed by atoms with E-state index in [-0.39, 0.29) is 10.8 Å². The highest BCUT2D eigenvalue weighted by molar-refractivity contribution is 6.20. The summed E-state index contributed by atoms with van der Waals surface area (Å²) in [6, 6.07) is 0.844. The number of carbonyl (C=O) groups is 1. The Balaban J connectivity index is 1.98. The largest absolute Gasteiger partial charge is 0.337 e. The Labute approximate surface area is 116 Å². The standard InChI is InChI=1S/C15H26ClNO/c1-10(15(2,3)4)7-14(18)17-12-5-6-13(17)9-11(16)8-12/h10-13H,5-9H2,1-4H3. The lowest BCUT2D eigenvalue weighted by molar-refractivity contribution is -0.137. The fourth-order valence-electron chi connectivity index (χ4n) is 3.19. The average Bonchev–Trinajstić information content (AvgIpc) is 2.50. The summed E-state index contributed by atoms with van der Waals surface area (Å²) in [4.78, 5) is 14.7. The smallest absolute Gasteiger partial charge is 0.223 e. The molecule has 3 atom stereocenters. The van der Waals surface area contributed by atoms with Crippen molar-refractivity contribution in [2.45, 2.75) is 77.3 Å². The molecule has 2 fully saturated rings. The molecule has 2 aliphatic rings. The van der Waals surface area contributed by atoms with Gasteiger partial charge in [0.05, 0.1) is 0 Å². The fraction of sp³-hybridized carbons (Fsp3) is 0.933. The van der Waals surface area contributed by atoms with Crippen molar-refractivity contribution in [1.82, 2.24) is 4.90 Å². The number of fused-ring (bicyclic) bond motifs is 2. The van der Waals surface area contributed by atoms with Gasteiger partial charge in [-0.1, -0.05) is 27.7 Å². The molecule has 1 amide bonds. The molecular weight excluding hydrogens is 246 g/mol. The van der Waals surface area contributed by atoms with Crippen LogP contribution in [0.3, 0.4) is 0 Å². The molecule has 2 nitrogen and oxygen atoms in total. The van der Waals surface area contributed by atoms with E-state index < -0.39 is 0 Å². The van der Waals surface area contributed by atoms with E-state index in [9.17, 15) is 4.79 Å². The minimum Gasteiger partial charge on any atom is -0.337 e.